The molecule has 0 fully saturated rings. The number of hydrogen-bond acceptors (Lipinski definition) is 2. The molecule has 0 nitrogen and oxygen atoms in total. The molecule has 0 amide bonds. The van der Waals surface area contributed by atoms with Crippen molar-refractivity contribution in [3.8, 4) is 9.75 Å². The van der Waals surface area contributed by atoms with Crippen LogP contribution in [0.15, 0.2) is 60.0 Å². The van der Waals surface area contributed by atoms with Gasteiger partial charge in [-0.3, -0.25) is 0 Å². The van der Waals surface area contributed by atoms with Crippen molar-refractivity contribution in [1.82, 2.24) is 0 Å². The molecular weight excluding hydrogens is 244 g/mol. The van der Waals surface area contributed by atoms with Gasteiger partial charge in [-0.25, -0.2) is 0 Å². The normalized spacial score (nSPS) is 10.6. The van der Waals surface area contributed by atoms with Crippen LogP contribution < -0.4 is 0 Å². The van der Waals surface area contributed by atoms with Crippen LogP contribution in [0.5, 0.6) is 0 Å². The van der Waals surface area contributed by atoms with Crippen LogP contribution in [0.3, 0.4) is 0 Å². The predicted molar refractivity (Wildman–Crippen MR) is 76.9 cm³/mol. The van der Waals surface area contributed by atoms with E-state index in [1.165, 1.54) is 20.2 Å². The van der Waals surface area contributed by atoms with Crippen molar-refractivity contribution in [2.75, 3.05) is 0 Å². The van der Waals surface area contributed by atoms with E-state index in [0.717, 1.165) is 6.42 Å². The quantitative estimate of drug-likeness (QED) is 0.614. The molecule has 0 aliphatic carbocycles. The summed E-state index contributed by atoms with van der Waals surface area (Å²) in [6.07, 6.45) is 1.04. The molecule has 0 radical (unpaired) electrons. The minimum absolute atomic E-state index is 1.04. The minimum atomic E-state index is 1.04. The molecule has 3 rings (SSSR count). The summed E-state index contributed by atoms with van der Waals surface area (Å²) in [4.78, 5) is 4.18. The van der Waals surface area contributed by atoms with Crippen molar-refractivity contribution in [2.24, 2.45) is 0 Å². The van der Waals surface area contributed by atoms with Crippen LogP contribution in [0.4, 0.5) is 0 Å². The standard InChI is InChI=1S/C15H12S2/c1-2-5-12(6-3-1)11-13-8-9-15(17-13)14-7-4-10-16-14/h1-10H,11H2. The first-order chi connectivity index (χ1) is 8.42. The highest BCUT2D eigenvalue weighted by Gasteiger charge is 2.04. The van der Waals surface area contributed by atoms with E-state index in [1.54, 1.807) is 11.3 Å². The lowest BCUT2D eigenvalue weighted by Crippen LogP contribution is -1.81. The van der Waals surface area contributed by atoms with Gasteiger partial charge < -0.3 is 0 Å². The van der Waals surface area contributed by atoms with E-state index in [-0.39, 0.29) is 0 Å². The maximum Gasteiger partial charge on any atom is 0.0445 e. The van der Waals surface area contributed by atoms with E-state index in [0.29, 0.717) is 0 Å². The van der Waals surface area contributed by atoms with Gasteiger partial charge >= 0.3 is 0 Å². The lowest BCUT2D eigenvalue weighted by molar-refractivity contribution is 1.24. The van der Waals surface area contributed by atoms with Gasteiger partial charge in [0.2, 0.25) is 0 Å². The molecule has 2 heteroatoms. The zero-order chi connectivity index (χ0) is 11.5. The van der Waals surface area contributed by atoms with Gasteiger partial charge in [0, 0.05) is 21.1 Å². The second kappa shape index (κ2) is 4.86. The van der Waals surface area contributed by atoms with Crippen LogP contribution in [0.25, 0.3) is 9.75 Å². The Bertz CT molecular complexity index is 576. The third-order valence-corrected chi connectivity index (χ3v) is 4.80. The van der Waals surface area contributed by atoms with Crippen molar-refractivity contribution in [2.45, 2.75) is 6.42 Å². The molecule has 2 aromatic heterocycles. The second-order valence-corrected chi connectivity index (χ2v) is 6.02. The van der Waals surface area contributed by atoms with E-state index in [2.05, 4.69) is 60.0 Å². The maximum atomic E-state index is 2.24. The van der Waals surface area contributed by atoms with Gasteiger partial charge in [-0.05, 0) is 29.1 Å². The molecule has 0 aliphatic heterocycles. The highest BCUT2D eigenvalue weighted by molar-refractivity contribution is 7.21. The number of benzene rings is 1. The highest BCUT2D eigenvalue weighted by atomic mass is 32.1. The topological polar surface area (TPSA) is 0 Å². The summed E-state index contributed by atoms with van der Waals surface area (Å²) in [5.74, 6) is 0. The minimum Gasteiger partial charge on any atom is -0.143 e. The highest BCUT2D eigenvalue weighted by Crippen LogP contribution is 2.32. The molecule has 84 valence electrons. The molecule has 1 aromatic carbocycles. The Morgan fingerprint density at radius 2 is 1.65 bits per heavy atom. The Labute approximate surface area is 109 Å². The third kappa shape index (κ3) is 2.48. The molecule has 0 unspecified atom stereocenters. The van der Waals surface area contributed by atoms with Gasteiger partial charge in [0.15, 0.2) is 0 Å². The zero-order valence-corrected chi connectivity index (χ0v) is 10.9. The molecule has 0 spiro atoms. The van der Waals surface area contributed by atoms with Crippen molar-refractivity contribution in [3.05, 3.63) is 70.4 Å². The zero-order valence-electron chi connectivity index (χ0n) is 9.30. The number of thiophene rings is 2. The van der Waals surface area contributed by atoms with E-state index in [1.807, 2.05) is 11.3 Å². The van der Waals surface area contributed by atoms with Crippen molar-refractivity contribution >= 4 is 22.7 Å². The monoisotopic (exact) mass is 256 g/mol. The Kier molecular flexibility index (Phi) is 3.08. The summed E-state index contributed by atoms with van der Waals surface area (Å²) >= 11 is 3.70. The molecule has 0 aliphatic rings. The van der Waals surface area contributed by atoms with Crippen LogP contribution in [0, 0.1) is 0 Å². The predicted octanol–water partition coefficient (Wildman–Crippen LogP) is 5.07. The lowest BCUT2D eigenvalue weighted by atomic mass is 10.1. The summed E-state index contributed by atoms with van der Waals surface area (Å²) in [5, 5.41) is 2.13. The molecule has 0 N–H and O–H groups in total. The fourth-order valence-corrected chi connectivity index (χ4v) is 3.70. The van der Waals surface area contributed by atoms with Gasteiger partial charge in [-0.15, -0.1) is 22.7 Å². The van der Waals surface area contributed by atoms with E-state index in [9.17, 15) is 0 Å². The molecule has 0 bridgehead atoms. The van der Waals surface area contributed by atoms with E-state index < -0.39 is 0 Å². The largest absolute Gasteiger partial charge is 0.143 e. The Hall–Kier alpha value is -1.38. The van der Waals surface area contributed by atoms with Gasteiger partial charge in [-0.1, -0.05) is 36.4 Å². The summed E-state index contributed by atoms with van der Waals surface area (Å²) in [6, 6.07) is 19.4. The molecule has 0 saturated carbocycles. The lowest BCUT2D eigenvalue weighted by Gasteiger charge is -1.97. The van der Waals surface area contributed by atoms with Crippen LogP contribution in [0.2, 0.25) is 0 Å². The number of hydrogen-bond donors (Lipinski definition) is 0. The molecule has 17 heavy (non-hydrogen) atoms. The molecule has 0 saturated heterocycles. The van der Waals surface area contributed by atoms with Gasteiger partial charge in [-0.2, -0.15) is 0 Å². The fourth-order valence-electron chi connectivity index (χ4n) is 1.82. The van der Waals surface area contributed by atoms with Crippen LogP contribution in [-0.4, -0.2) is 0 Å². The first-order valence-electron chi connectivity index (χ1n) is 5.58. The Balaban J connectivity index is 1.82. The Morgan fingerprint density at radius 1 is 0.765 bits per heavy atom. The average molecular weight is 256 g/mol. The fraction of sp³-hybridized carbons (Fsp3) is 0.0667. The van der Waals surface area contributed by atoms with Gasteiger partial charge in [0.25, 0.3) is 0 Å². The average Bonchev–Trinajstić information content (AvgIpc) is 3.00. The van der Waals surface area contributed by atoms with Crippen molar-refractivity contribution in [1.29, 1.82) is 0 Å². The molecule has 2 heterocycles. The SMILES string of the molecule is c1ccc(Cc2ccc(-c3cccs3)s2)cc1. The maximum absolute atomic E-state index is 2.24. The van der Waals surface area contributed by atoms with E-state index >= 15 is 0 Å². The first kappa shape index (κ1) is 10.8. The number of rotatable bonds is 3. The third-order valence-electron chi connectivity index (χ3n) is 2.65. The van der Waals surface area contributed by atoms with Gasteiger partial charge in [0.1, 0.15) is 0 Å². The van der Waals surface area contributed by atoms with Gasteiger partial charge in [0.05, 0.1) is 0 Å². The van der Waals surface area contributed by atoms with Crippen LogP contribution >= 0.6 is 22.7 Å². The van der Waals surface area contributed by atoms with Crippen LogP contribution in [0.1, 0.15) is 10.4 Å². The molecule has 3 aromatic rings. The molecular formula is C15H12S2. The van der Waals surface area contributed by atoms with Crippen molar-refractivity contribution < 1.29 is 0 Å². The smallest absolute Gasteiger partial charge is 0.0445 e. The summed E-state index contributed by atoms with van der Waals surface area (Å²) in [5.41, 5.74) is 1.38. The second-order valence-electron chi connectivity index (χ2n) is 3.91. The molecule has 0 atom stereocenters. The summed E-state index contributed by atoms with van der Waals surface area (Å²) < 4.78 is 0. The van der Waals surface area contributed by atoms with Crippen molar-refractivity contribution in [3.63, 3.8) is 0 Å². The van der Waals surface area contributed by atoms with E-state index in [4.69, 9.17) is 0 Å². The summed E-state index contributed by atoms with van der Waals surface area (Å²) in [6.45, 7) is 0. The van der Waals surface area contributed by atoms with Crippen LogP contribution in [-0.2, 0) is 6.42 Å². The summed E-state index contributed by atoms with van der Waals surface area (Å²) in [7, 11) is 0. The first-order valence-corrected chi connectivity index (χ1v) is 7.28. The Morgan fingerprint density at radius 3 is 2.41 bits per heavy atom.